The number of ether oxygens (including phenoxy) is 4. The van der Waals surface area contributed by atoms with Crippen LogP contribution in [-0.4, -0.2) is 37.8 Å². The second-order valence-electron chi connectivity index (χ2n) is 6.60. The Kier molecular flexibility index (Phi) is 3.67. The van der Waals surface area contributed by atoms with Gasteiger partial charge in [-0.1, -0.05) is 0 Å². The van der Waals surface area contributed by atoms with E-state index in [1.807, 2.05) is 18.3 Å². The standard InChI is InChI=1S/C20H19N3O4/c1-24-17-7-14-15(8-18(17)25-2)22-21-9-16(14)23-4-3-12-5-19-20(27-11-26-19)6-13(12)10-23/h5-9H,3-4,10-11H2,1-2H3. The Hall–Kier alpha value is -3.22. The first kappa shape index (κ1) is 16.0. The van der Waals surface area contributed by atoms with Crippen molar-refractivity contribution in [2.75, 3.05) is 32.5 Å². The quantitative estimate of drug-likeness (QED) is 0.707. The van der Waals surface area contributed by atoms with Crippen LogP contribution in [0.3, 0.4) is 0 Å². The fraction of sp³-hybridized carbons (Fsp3) is 0.300. The molecule has 7 heteroatoms. The Morgan fingerprint density at radius 2 is 1.70 bits per heavy atom. The molecule has 0 amide bonds. The Bertz CT molecular complexity index is 1040. The number of fused-ring (bicyclic) bond motifs is 3. The highest BCUT2D eigenvalue weighted by atomic mass is 16.7. The summed E-state index contributed by atoms with van der Waals surface area (Å²) in [6.45, 7) is 1.96. The molecular formula is C20H19N3O4. The minimum absolute atomic E-state index is 0.294. The molecule has 0 radical (unpaired) electrons. The zero-order chi connectivity index (χ0) is 18.4. The van der Waals surface area contributed by atoms with E-state index >= 15 is 0 Å². The van der Waals surface area contributed by atoms with E-state index in [2.05, 4.69) is 27.2 Å². The molecule has 5 rings (SSSR count). The van der Waals surface area contributed by atoms with E-state index in [0.29, 0.717) is 18.3 Å². The predicted octanol–water partition coefficient (Wildman–Crippen LogP) is 2.94. The highest BCUT2D eigenvalue weighted by Crippen LogP contribution is 2.39. The Morgan fingerprint density at radius 1 is 0.963 bits per heavy atom. The summed E-state index contributed by atoms with van der Waals surface area (Å²) in [4.78, 5) is 2.31. The third kappa shape index (κ3) is 2.58. The third-order valence-electron chi connectivity index (χ3n) is 5.17. The number of rotatable bonds is 3. The Labute approximate surface area is 156 Å². The smallest absolute Gasteiger partial charge is 0.231 e. The molecule has 0 unspecified atom stereocenters. The molecular weight excluding hydrogens is 346 g/mol. The van der Waals surface area contributed by atoms with Gasteiger partial charge in [-0.3, -0.25) is 0 Å². The fourth-order valence-corrected chi connectivity index (χ4v) is 3.78. The van der Waals surface area contributed by atoms with E-state index in [1.54, 1.807) is 14.2 Å². The number of nitrogens with zero attached hydrogens (tertiary/aromatic N) is 3. The lowest BCUT2D eigenvalue weighted by molar-refractivity contribution is 0.174. The van der Waals surface area contributed by atoms with E-state index < -0.39 is 0 Å². The monoisotopic (exact) mass is 365 g/mol. The second kappa shape index (κ2) is 6.19. The fourth-order valence-electron chi connectivity index (χ4n) is 3.78. The van der Waals surface area contributed by atoms with Gasteiger partial charge in [-0.05, 0) is 35.7 Å². The summed E-state index contributed by atoms with van der Waals surface area (Å²) in [6, 6.07) is 8.02. The first-order valence-corrected chi connectivity index (χ1v) is 8.80. The topological polar surface area (TPSA) is 65.9 Å². The van der Waals surface area contributed by atoms with Crippen LogP contribution in [0, 0.1) is 0 Å². The van der Waals surface area contributed by atoms with Gasteiger partial charge in [0.2, 0.25) is 6.79 Å². The highest BCUT2D eigenvalue weighted by Gasteiger charge is 2.24. The first-order chi connectivity index (χ1) is 13.3. The van der Waals surface area contributed by atoms with Crippen molar-refractivity contribution >= 4 is 16.6 Å². The number of hydrogen-bond acceptors (Lipinski definition) is 7. The third-order valence-corrected chi connectivity index (χ3v) is 5.17. The van der Waals surface area contributed by atoms with Crippen molar-refractivity contribution in [2.24, 2.45) is 0 Å². The molecule has 3 heterocycles. The number of anilines is 1. The van der Waals surface area contributed by atoms with E-state index in [-0.39, 0.29) is 0 Å². The molecule has 1 aromatic heterocycles. The van der Waals surface area contributed by atoms with Gasteiger partial charge in [0.05, 0.1) is 31.6 Å². The van der Waals surface area contributed by atoms with Gasteiger partial charge in [0, 0.05) is 24.5 Å². The van der Waals surface area contributed by atoms with E-state index in [9.17, 15) is 0 Å². The number of hydrogen-bond donors (Lipinski definition) is 0. The van der Waals surface area contributed by atoms with Crippen molar-refractivity contribution in [2.45, 2.75) is 13.0 Å². The molecule has 0 spiro atoms. The molecule has 0 N–H and O–H groups in total. The lowest BCUT2D eigenvalue weighted by Crippen LogP contribution is -2.30. The molecule has 2 aliphatic heterocycles. The predicted molar refractivity (Wildman–Crippen MR) is 100.0 cm³/mol. The molecule has 2 aliphatic rings. The number of aromatic nitrogens is 2. The first-order valence-electron chi connectivity index (χ1n) is 8.80. The van der Waals surface area contributed by atoms with E-state index in [4.69, 9.17) is 18.9 Å². The van der Waals surface area contributed by atoms with Crippen LogP contribution >= 0.6 is 0 Å². The maximum atomic E-state index is 5.54. The minimum atomic E-state index is 0.294. The van der Waals surface area contributed by atoms with Gasteiger partial charge in [-0.15, -0.1) is 0 Å². The maximum absolute atomic E-state index is 5.54. The van der Waals surface area contributed by atoms with Crippen LogP contribution in [0.4, 0.5) is 5.69 Å². The van der Waals surface area contributed by atoms with Crippen molar-refractivity contribution < 1.29 is 18.9 Å². The molecule has 0 atom stereocenters. The zero-order valence-electron chi connectivity index (χ0n) is 15.2. The molecule has 0 bridgehead atoms. The van der Waals surface area contributed by atoms with Gasteiger partial charge in [0.25, 0.3) is 0 Å². The normalized spacial score (nSPS) is 15.0. The van der Waals surface area contributed by atoms with Crippen molar-refractivity contribution in [1.29, 1.82) is 0 Å². The highest BCUT2D eigenvalue weighted by molar-refractivity contribution is 5.93. The lowest BCUT2D eigenvalue weighted by Gasteiger charge is -2.31. The van der Waals surface area contributed by atoms with E-state index in [0.717, 1.165) is 47.6 Å². The average molecular weight is 365 g/mol. The van der Waals surface area contributed by atoms with Crippen molar-refractivity contribution in [3.8, 4) is 23.0 Å². The summed E-state index contributed by atoms with van der Waals surface area (Å²) in [5.74, 6) is 2.99. The number of benzene rings is 2. The average Bonchev–Trinajstić information content (AvgIpc) is 3.17. The summed E-state index contributed by atoms with van der Waals surface area (Å²) in [6.07, 6.45) is 2.75. The number of methoxy groups -OCH3 is 2. The molecule has 27 heavy (non-hydrogen) atoms. The summed E-state index contributed by atoms with van der Waals surface area (Å²) in [5, 5.41) is 9.46. The van der Waals surface area contributed by atoms with Crippen LogP contribution in [0.5, 0.6) is 23.0 Å². The molecule has 138 valence electrons. The van der Waals surface area contributed by atoms with Gasteiger partial charge in [-0.25, -0.2) is 0 Å². The second-order valence-corrected chi connectivity index (χ2v) is 6.60. The summed E-state index contributed by atoms with van der Waals surface area (Å²) in [5.41, 5.74) is 4.36. The molecule has 0 saturated carbocycles. The molecule has 0 fully saturated rings. The van der Waals surface area contributed by atoms with Gasteiger partial charge in [-0.2, -0.15) is 10.2 Å². The van der Waals surface area contributed by atoms with Crippen LogP contribution in [0.15, 0.2) is 30.5 Å². The summed E-state index contributed by atoms with van der Waals surface area (Å²) in [7, 11) is 3.25. The van der Waals surface area contributed by atoms with Crippen LogP contribution < -0.4 is 23.8 Å². The largest absolute Gasteiger partial charge is 0.493 e. The SMILES string of the molecule is COc1cc2nncc(N3CCc4cc5c(cc4C3)OCO5)c2cc1OC. The maximum Gasteiger partial charge on any atom is 0.231 e. The van der Waals surface area contributed by atoms with Gasteiger partial charge in [0.1, 0.15) is 0 Å². The zero-order valence-corrected chi connectivity index (χ0v) is 15.2. The lowest BCUT2D eigenvalue weighted by atomic mass is 9.98. The van der Waals surface area contributed by atoms with Crippen molar-refractivity contribution in [1.82, 2.24) is 10.2 Å². The Balaban J connectivity index is 1.56. The van der Waals surface area contributed by atoms with Gasteiger partial charge < -0.3 is 23.8 Å². The van der Waals surface area contributed by atoms with Crippen LogP contribution in [0.2, 0.25) is 0 Å². The molecule has 0 aliphatic carbocycles. The summed E-state index contributed by atoms with van der Waals surface area (Å²) < 4.78 is 21.9. The molecule has 7 nitrogen and oxygen atoms in total. The van der Waals surface area contributed by atoms with Crippen molar-refractivity contribution in [3.63, 3.8) is 0 Å². The van der Waals surface area contributed by atoms with Gasteiger partial charge in [0.15, 0.2) is 23.0 Å². The van der Waals surface area contributed by atoms with Gasteiger partial charge >= 0.3 is 0 Å². The van der Waals surface area contributed by atoms with Crippen LogP contribution in [0.25, 0.3) is 10.9 Å². The summed E-state index contributed by atoms with van der Waals surface area (Å²) >= 11 is 0. The minimum Gasteiger partial charge on any atom is -0.493 e. The molecule has 2 aromatic carbocycles. The van der Waals surface area contributed by atoms with Crippen molar-refractivity contribution in [3.05, 3.63) is 41.6 Å². The van der Waals surface area contributed by atoms with E-state index in [1.165, 1.54) is 11.1 Å². The van der Waals surface area contributed by atoms with Crippen LogP contribution in [0.1, 0.15) is 11.1 Å². The molecule has 0 saturated heterocycles. The molecule has 3 aromatic rings. The van der Waals surface area contributed by atoms with Crippen LogP contribution in [-0.2, 0) is 13.0 Å². The Morgan fingerprint density at radius 3 is 2.48 bits per heavy atom.